The summed E-state index contributed by atoms with van der Waals surface area (Å²) < 4.78 is 1.10. The van der Waals surface area contributed by atoms with Crippen molar-refractivity contribution in [1.29, 1.82) is 0 Å². The minimum atomic E-state index is 0.1000. The molecule has 2 aromatic rings. The molecule has 0 aliphatic rings. The number of hydrogen-bond donors (Lipinski definition) is 2. The fourth-order valence-electron chi connectivity index (χ4n) is 1.87. The van der Waals surface area contributed by atoms with Gasteiger partial charge in [0.05, 0.1) is 0 Å². The first kappa shape index (κ1) is 15.3. The van der Waals surface area contributed by atoms with Gasteiger partial charge in [-0.1, -0.05) is 29.3 Å². The van der Waals surface area contributed by atoms with Gasteiger partial charge in [0.2, 0.25) is 0 Å². The molecule has 3 N–H and O–H groups in total. The van der Waals surface area contributed by atoms with Crippen LogP contribution in [0.4, 0.5) is 0 Å². The van der Waals surface area contributed by atoms with E-state index >= 15 is 0 Å². The summed E-state index contributed by atoms with van der Waals surface area (Å²) in [6.45, 7) is 0. The van der Waals surface area contributed by atoms with Crippen molar-refractivity contribution in [3.63, 3.8) is 0 Å². The molecule has 1 unspecified atom stereocenters. The Labute approximate surface area is 135 Å². The number of halogens is 3. The molecule has 6 heteroatoms. The Morgan fingerprint density at radius 1 is 1.26 bits per heavy atom. The summed E-state index contributed by atoms with van der Waals surface area (Å²) in [6.07, 6.45) is 1.54. The van der Waals surface area contributed by atoms with Crippen LogP contribution in [-0.2, 0) is 12.8 Å². The van der Waals surface area contributed by atoms with Crippen LogP contribution in [0.15, 0.2) is 34.1 Å². The Bertz CT molecular complexity index is 539. The van der Waals surface area contributed by atoms with E-state index in [4.69, 9.17) is 29.0 Å². The second kappa shape index (κ2) is 7.07. The van der Waals surface area contributed by atoms with E-state index in [1.54, 1.807) is 11.3 Å². The summed E-state index contributed by atoms with van der Waals surface area (Å²) in [5, 5.41) is 3.42. The minimum absolute atomic E-state index is 0.1000. The van der Waals surface area contributed by atoms with Crippen LogP contribution in [0.3, 0.4) is 0 Å². The Hall–Kier alpha value is -0.100. The van der Waals surface area contributed by atoms with Crippen LogP contribution in [0.1, 0.15) is 10.4 Å². The number of benzene rings is 1. The van der Waals surface area contributed by atoms with E-state index in [0.717, 1.165) is 16.5 Å². The summed E-state index contributed by atoms with van der Waals surface area (Å²) in [5.74, 6) is 5.63. The van der Waals surface area contributed by atoms with Gasteiger partial charge in [-0.15, -0.1) is 11.3 Å². The SMILES string of the molecule is NNC(Cc1cc(Br)cs1)Cc1c(Cl)cccc1Cl. The molecule has 0 spiro atoms. The smallest absolute Gasteiger partial charge is 0.0453 e. The first-order valence-electron chi connectivity index (χ1n) is 5.72. The Morgan fingerprint density at radius 2 is 1.95 bits per heavy atom. The molecule has 0 radical (unpaired) electrons. The number of nitrogens with two attached hydrogens (primary N) is 1. The van der Waals surface area contributed by atoms with E-state index in [-0.39, 0.29) is 6.04 Å². The van der Waals surface area contributed by atoms with Crippen LogP contribution in [0.2, 0.25) is 10.0 Å². The van der Waals surface area contributed by atoms with E-state index in [1.807, 2.05) is 18.2 Å². The topological polar surface area (TPSA) is 38.0 Å². The van der Waals surface area contributed by atoms with Crippen LogP contribution < -0.4 is 11.3 Å². The predicted molar refractivity (Wildman–Crippen MR) is 87.0 cm³/mol. The lowest BCUT2D eigenvalue weighted by Crippen LogP contribution is -2.38. The normalized spacial score (nSPS) is 12.6. The summed E-state index contributed by atoms with van der Waals surface area (Å²) in [6, 6.07) is 7.73. The molecule has 1 heterocycles. The molecule has 1 atom stereocenters. The van der Waals surface area contributed by atoms with Crippen molar-refractivity contribution in [3.05, 3.63) is 54.6 Å². The lowest BCUT2D eigenvalue weighted by molar-refractivity contribution is 0.526. The molecule has 2 rings (SSSR count). The lowest BCUT2D eigenvalue weighted by atomic mass is 10.0. The second-order valence-corrected chi connectivity index (χ2v) is 6.93. The number of hydrogen-bond acceptors (Lipinski definition) is 3. The van der Waals surface area contributed by atoms with E-state index in [2.05, 4.69) is 32.8 Å². The van der Waals surface area contributed by atoms with Crippen LogP contribution in [0.5, 0.6) is 0 Å². The van der Waals surface area contributed by atoms with Gasteiger partial charge in [0.25, 0.3) is 0 Å². The zero-order valence-corrected chi connectivity index (χ0v) is 13.9. The molecular weight excluding hydrogens is 367 g/mol. The van der Waals surface area contributed by atoms with Crippen molar-refractivity contribution in [2.75, 3.05) is 0 Å². The molecule has 0 aliphatic heterocycles. The van der Waals surface area contributed by atoms with Crippen molar-refractivity contribution < 1.29 is 0 Å². The summed E-state index contributed by atoms with van der Waals surface area (Å²) in [4.78, 5) is 1.26. The average Bonchev–Trinajstić information content (AvgIpc) is 2.78. The van der Waals surface area contributed by atoms with Gasteiger partial charge in [-0.05, 0) is 52.5 Å². The molecule has 102 valence electrons. The van der Waals surface area contributed by atoms with E-state index in [9.17, 15) is 0 Å². The third-order valence-corrected chi connectivity index (χ3v) is 5.25. The van der Waals surface area contributed by atoms with Crippen molar-refractivity contribution in [3.8, 4) is 0 Å². The number of thiophene rings is 1. The molecule has 19 heavy (non-hydrogen) atoms. The maximum absolute atomic E-state index is 6.18. The molecule has 1 aromatic heterocycles. The molecule has 1 aromatic carbocycles. The van der Waals surface area contributed by atoms with E-state index in [1.165, 1.54) is 4.88 Å². The van der Waals surface area contributed by atoms with Crippen molar-refractivity contribution in [1.82, 2.24) is 5.43 Å². The fourth-order valence-corrected chi connectivity index (χ4v) is 3.95. The first-order valence-corrected chi connectivity index (χ1v) is 8.15. The highest BCUT2D eigenvalue weighted by Crippen LogP contribution is 2.27. The monoisotopic (exact) mass is 378 g/mol. The standard InChI is InChI=1S/C13H13BrCl2N2S/c14-8-4-10(19-7-8)5-9(18-17)6-11-12(15)2-1-3-13(11)16/h1-4,7,9,18H,5-6,17H2. The van der Waals surface area contributed by atoms with Crippen LogP contribution in [0, 0.1) is 0 Å². The van der Waals surface area contributed by atoms with Crippen LogP contribution >= 0.6 is 50.5 Å². The lowest BCUT2D eigenvalue weighted by Gasteiger charge is -2.16. The molecular formula is C13H13BrCl2N2S. The highest BCUT2D eigenvalue weighted by molar-refractivity contribution is 9.10. The van der Waals surface area contributed by atoms with Crippen LogP contribution in [0.25, 0.3) is 0 Å². The number of rotatable bonds is 5. The zero-order chi connectivity index (χ0) is 13.8. The molecule has 0 saturated heterocycles. The summed E-state index contributed by atoms with van der Waals surface area (Å²) in [7, 11) is 0. The van der Waals surface area contributed by atoms with E-state index in [0.29, 0.717) is 16.5 Å². The van der Waals surface area contributed by atoms with Gasteiger partial charge in [0.1, 0.15) is 0 Å². The first-order chi connectivity index (χ1) is 9.10. The Morgan fingerprint density at radius 3 is 2.47 bits per heavy atom. The van der Waals surface area contributed by atoms with Gasteiger partial charge in [0.15, 0.2) is 0 Å². The predicted octanol–water partition coefficient (Wildman–Crippen LogP) is 4.43. The summed E-state index contributed by atoms with van der Waals surface area (Å²) in [5.41, 5.74) is 3.77. The van der Waals surface area contributed by atoms with E-state index < -0.39 is 0 Å². The summed E-state index contributed by atoms with van der Waals surface area (Å²) >= 11 is 17.5. The van der Waals surface area contributed by atoms with Gasteiger partial charge in [-0.3, -0.25) is 11.3 Å². The highest BCUT2D eigenvalue weighted by atomic mass is 79.9. The van der Waals surface area contributed by atoms with Gasteiger partial charge in [-0.25, -0.2) is 0 Å². The maximum Gasteiger partial charge on any atom is 0.0453 e. The minimum Gasteiger partial charge on any atom is -0.271 e. The van der Waals surface area contributed by atoms with Gasteiger partial charge in [0, 0.05) is 30.8 Å². The maximum atomic E-state index is 6.18. The second-order valence-electron chi connectivity index (χ2n) is 4.20. The molecule has 0 amide bonds. The van der Waals surface area contributed by atoms with Crippen molar-refractivity contribution in [2.24, 2.45) is 5.84 Å². The Kier molecular flexibility index (Phi) is 5.69. The molecule has 0 fully saturated rings. The third-order valence-electron chi connectivity index (χ3n) is 2.82. The molecule has 2 nitrogen and oxygen atoms in total. The van der Waals surface area contributed by atoms with Crippen LogP contribution in [-0.4, -0.2) is 6.04 Å². The third kappa shape index (κ3) is 4.18. The van der Waals surface area contributed by atoms with Gasteiger partial charge in [-0.2, -0.15) is 0 Å². The van der Waals surface area contributed by atoms with Gasteiger partial charge >= 0.3 is 0 Å². The Balaban J connectivity index is 2.11. The molecule has 0 bridgehead atoms. The van der Waals surface area contributed by atoms with Gasteiger partial charge < -0.3 is 0 Å². The van der Waals surface area contributed by atoms with Crippen molar-refractivity contribution in [2.45, 2.75) is 18.9 Å². The van der Waals surface area contributed by atoms with Crippen molar-refractivity contribution >= 4 is 50.5 Å². The quantitative estimate of drug-likeness (QED) is 0.595. The molecule has 0 saturated carbocycles. The fraction of sp³-hybridized carbons (Fsp3) is 0.231. The largest absolute Gasteiger partial charge is 0.271 e. The highest BCUT2D eigenvalue weighted by Gasteiger charge is 2.14. The number of hydrazine groups is 1. The number of nitrogens with one attached hydrogen (secondary N) is 1. The molecule has 0 aliphatic carbocycles. The average molecular weight is 380 g/mol. The zero-order valence-electron chi connectivity index (χ0n) is 10.00.